The van der Waals surface area contributed by atoms with E-state index in [9.17, 15) is 4.79 Å². The molecule has 1 atom stereocenters. The van der Waals surface area contributed by atoms with E-state index >= 15 is 0 Å². The van der Waals surface area contributed by atoms with Crippen LogP contribution in [0.2, 0.25) is 25.2 Å². The van der Waals surface area contributed by atoms with Crippen molar-refractivity contribution in [3.8, 4) is 5.75 Å². The van der Waals surface area contributed by atoms with E-state index in [1.54, 1.807) is 12.0 Å². The Hall–Kier alpha value is -1.75. The lowest BCUT2D eigenvalue weighted by Crippen LogP contribution is -2.34. The maximum Gasteiger partial charge on any atom is 0.418 e. The molecule has 1 saturated carbocycles. The summed E-state index contributed by atoms with van der Waals surface area (Å²) in [4.78, 5) is 14.6. The van der Waals surface area contributed by atoms with Crippen LogP contribution in [0.25, 0.3) is 0 Å². The number of hydrogen-bond acceptors (Lipinski definition) is 3. The summed E-state index contributed by atoms with van der Waals surface area (Å²) in [5.41, 5.74) is 2.26. The Morgan fingerprint density at radius 2 is 1.81 bits per heavy atom. The number of amides is 1. The topological polar surface area (TPSA) is 38.8 Å². The monoisotopic (exact) mass is 375 g/mol. The Morgan fingerprint density at radius 3 is 2.31 bits per heavy atom. The predicted octanol–water partition coefficient (Wildman–Crippen LogP) is 6.21. The van der Waals surface area contributed by atoms with Crippen molar-refractivity contribution < 1.29 is 14.3 Å². The number of benzene rings is 1. The van der Waals surface area contributed by atoms with Crippen molar-refractivity contribution in [1.82, 2.24) is 0 Å². The molecule has 0 spiro atoms. The number of ether oxygens (including phenoxy) is 2. The minimum atomic E-state index is -1.32. The van der Waals surface area contributed by atoms with Gasteiger partial charge in [-0.05, 0) is 69.8 Å². The lowest BCUT2D eigenvalue weighted by molar-refractivity contribution is 0.0596. The summed E-state index contributed by atoms with van der Waals surface area (Å²) >= 11 is 0. The molecule has 0 N–H and O–H groups in total. The van der Waals surface area contributed by atoms with Crippen LogP contribution in [-0.2, 0) is 4.74 Å². The number of carbonyl (C=O) groups excluding carboxylic acids is 1. The van der Waals surface area contributed by atoms with Crippen molar-refractivity contribution in [3.05, 3.63) is 36.0 Å². The summed E-state index contributed by atoms with van der Waals surface area (Å²) in [5.74, 6) is 0.770. The van der Waals surface area contributed by atoms with Crippen LogP contribution in [0.4, 0.5) is 10.5 Å². The van der Waals surface area contributed by atoms with Crippen LogP contribution in [0, 0.1) is 0 Å². The highest BCUT2D eigenvalue weighted by molar-refractivity contribution is 6.78. The maximum atomic E-state index is 12.9. The maximum absolute atomic E-state index is 12.9. The molecule has 1 aliphatic carbocycles. The fourth-order valence-corrected chi connectivity index (χ4v) is 5.87. The number of anilines is 1. The van der Waals surface area contributed by atoms with Crippen molar-refractivity contribution in [2.45, 2.75) is 70.8 Å². The highest BCUT2D eigenvalue weighted by Gasteiger charge is 2.34. The highest BCUT2D eigenvalue weighted by Crippen LogP contribution is 2.43. The van der Waals surface area contributed by atoms with Gasteiger partial charge in [0.05, 0.1) is 20.9 Å². The Balaban J connectivity index is 2.39. The summed E-state index contributed by atoms with van der Waals surface area (Å²) in [5, 5.41) is 0. The zero-order valence-electron chi connectivity index (χ0n) is 17.3. The fourth-order valence-electron chi connectivity index (χ4n) is 3.47. The molecule has 0 aromatic heterocycles. The van der Waals surface area contributed by atoms with E-state index in [4.69, 9.17) is 9.47 Å². The number of rotatable bonds is 4. The minimum Gasteiger partial charge on any atom is -0.497 e. The van der Waals surface area contributed by atoms with Crippen LogP contribution in [-0.4, -0.2) is 26.9 Å². The normalized spacial score (nSPS) is 19.5. The quantitative estimate of drug-likeness (QED) is 0.587. The number of nitrogens with zero attached hydrogens (tertiary/aromatic N) is 1. The van der Waals surface area contributed by atoms with Gasteiger partial charge in [-0.25, -0.2) is 4.79 Å². The fraction of sp³-hybridized carbons (Fsp3) is 0.571. The van der Waals surface area contributed by atoms with Gasteiger partial charge in [-0.1, -0.05) is 25.2 Å². The first-order chi connectivity index (χ1) is 12.0. The van der Waals surface area contributed by atoms with Gasteiger partial charge in [0.15, 0.2) is 0 Å². The summed E-state index contributed by atoms with van der Waals surface area (Å²) in [6, 6.07) is 7.54. The molecule has 1 aromatic carbocycles. The molecule has 0 radical (unpaired) electrons. The van der Waals surface area contributed by atoms with Crippen LogP contribution < -0.4 is 9.64 Å². The van der Waals surface area contributed by atoms with E-state index in [1.165, 1.54) is 18.4 Å². The van der Waals surface area contributed by atoms with Gasteiger partial charge in [0.2, 0.25) is 0 Å². The van der Waals surface area contributed by atoms with Gasteiger partial charge in [-0.3, -0.25) is 4.90 Å². The molecular formula is C21H33NO3Si. The Morgan fingerprint density at radius 1 is 1.19 bits per heavy atom. The molecule has 0 aliphatic heterocycles. The van der Waals surface area contributed by atoms with E-state index < -0.39 is 13.7 Å². The van der Waals surface area contributed by atoms with Gasteiger partial charge in [0.25, 0.3) is 0 Å². The van der Waals surface area contributed by atoms with Crippen molar-refractivity contribution in [2.75, 3.05) is 12.0 Å². The third kappa shape index (κ3) is 5.37. The average molecular weight is 376 g/mol. The van der Waals surface area contributed by atoms with Gasteiger partial charge in [-0.15, -0.1) is 0 Å². The van der Waals surface area contributed by atoms with Crippen LogP contribution in [0.3, 0.4) is 0 Å². The molecule has 4 nitrogen and oxygen atoms in total. The molecule has 5 heteroatoms. The molecule has 144 valence electrons. The minimum absolute atomic E-state index is 0.337. The summed E-state index contributed by atoms with van der Waals surface area (Å²) in [6.07, 6.45) is 5.19. The van der Waals surface area contributed by atoms with Crippen molar-refractivity contribution in [2.24, 2.45) is 0 Å². The summed E-state index contributed by atoms with van der Waals surface area (Å²) in [7, 11) is 0.320. The van der Waals surface area contributed by atoms with Gasteiger partial charge in [-0.2, -0.15) is 0 Å². The van der Waals surface area contributed by atoms with Gasteiger partial charge >= 0.3 is 6.09 Å². The Kier molecular flexibility index (Phi) is 6.22. The molecule has 26 heavy (non-hydrogen) atoms. The summed E-state index contributed by atoms with van der Waals surface area (Å²) in [6.45, 7) is 12.9. The molecule has 1 aliphatic rings. The number of methoxy groups -OCH3 is 1. The van der Waals surface area contributed by atoms with E-state index in [1.807, 2.05) is 51.2 Å². The molecule has 1 amide bonds. The standard InChI is InChI=1S/C21H33NO3Si/c1-21(2,3)25-20(23)22(17-11-13-18(24-4)14-12-17)15-16-9-8-10-19(16)26(5,6)7/h11-15,19H,8-10H2,1-7H3/b16-15+/t19-/m0/s1. The van der Waals surface area contributed by atoms with E-state index in [2.05, 4.69) is 19.6 Å². The van der Waals surface area contributed by atoms with E-state index in [0.717, 1.165) is 17.9 Å². The lowest BCUT2D eigenvalue weighted by Gasteiger charge is -2.29. The molecular weight excluding hydrogens is 342 g/mol. The third-order valence-electron chi connectivity index (χ3n) is 4.69. The van der Waals surface area contributed by atoms with Gasteiger partial charge in [0.1, 0.15) is 11.4 Å². The van der Waals surface area contributed by atoms with Crippen molar-refractivity contribution >= 4 is 19.9 Å². The second kappa shape index (κ2) is 7.87. The molecule has 0 heterocycles. The third-order valence-corrected chi connectivity index (χ3v) is 7.44. The van der Waals surface area contributed by atoms with Crippen LogP contribution in [0.5, 0.6) is 5.75 Å². The first-order valence-electron chi connectivity index (χ1n) is 9.38. The first kappa shape index (κ1) is 20.6. The van der Waals surface area contributed by atoms with E-state index in [0.29, 0.717) is 5.54 Å². The number of hydrogen-bond donors (Lipinski definition) is 0. The second-order valence-electron chi connectivity index (χ2n) is 9.06. The zero-order valence-corrected chi connectivity index (χ0v) is 18.3. The number of carbonyl (C=O) groups is 1. The molecule has 1 fully saturated rings. The van der Waals surface area contributed by atoms with Crippen LogP contribution >= 0.6 is 0 Å². The van der Waals surface area contributed by atoms with Crippen LogP contribution in [0.15, 0.2) is 36.0 Å². The smallest absolute Gasteiger partial charge is 0.418 e. The molecule has 0 unspecified atom stereocenters. The zero-order chi connectivity index (χ0) is 19.5. The van der Waals surface area contributed by atoms with Crippen molar-refractivity contribution in [1.29, 1.82) is 0 Å². The van der Waals surface area contributed by atoms with E-state index in [-0.39, 0.29) is 6.09 Å². The molecule has 1 aromatic rings. The Labute approximate surface area is 159 Å². The molecule has 0 bridgehead atoms. The van der Waals surface area contributed by atoms with Crippen molar-refractivity contribution in [3.63, 3.8) is 0 Å². The average Bonchev–Trinajstić information content (AvgIpc) is 2.99. The van der Waals surface area contributed by atoms with Gasteiger partial charge < -0.3 is 9.47 Å². The van der Waals surface area contributed by atoms with Crippen LogP contribution in [0.1, 0.15) is 40.0 Å². The molecule has 0 saturated heterocycles. The summed E-state index contributed by atoms with van der Waals surface area (Å²) < 4.78 is 10.9. The van der Waals surface area contributed by atoms with Gasteiger partial charge in [0, 0.05) is 6.20 Å². The second-order valence-corrected chi connectivity index (χ2v) is 14.5. The lowest BCUT2D eigenvalue weighted by atomic mass is 10.2. The Bertz CT molecular complexity index is 653. The SMILES string of the molecule is COc1ccc(N(/C=C2\CCC[C@@H]2[Si](C)(C)C)C(=O)OC(C)(C)C)cc1. The number of allylic oxidation sites excluding steroid dienone is 1. The predicted molar refractivity (Wildman–Crippen MR) is 111 cm³/mol. The largest absolute Gasteiger partial charge is 0.497 e. The molecule has 2 rings (SSSR count). The first-order valence-corrected chi connectivity index (χ1v) is 13.0. The highest BCUT2D eigenvalue weighted by atomic mass is 28.3.